The summed E-state index contributed by atoms with van der Waals surface area (Å²) in [5.41, 5.74) is 4.54. The lowest BCUT2D eigenvalue weighted by Crippen LogP contribution is -2.21. The van der Waals surface area contributed by atoms with E-state index < -0.39 is 0 Å². The highest BCUT2D eigenvalue weighted by Crippen LogP contribution is 2.32. The Morgan fingerprint density at radius 3 is 2.44 bits per heavy atom. The standard InChI is InChI=1S/C13H19NO2/c1-9-8-12(16-5)10(2)11(3)13(9)14(4)6-7-15/h7-8H,6H2,1-5H3. The maximum atomic E-state index is 10.6. The lowest BCUT2D eigenvalue weighted by atomic mass is 10.0. The van der Waals surface area contributed by atoms with Gasteiger partial charge in [-0.1, -0.05) is 0 Å². The zero-order valence-corrected chi connectivity index (χ0v) is 10.6. The van der Waals surface area contributed by atoms with Gasteiger partial charge in [0.2, 0.25) is 0 Å². The van der Waals surface area contributed by atoms with E-state index in [-0.39, 0.29) is 0 Å². The Morgan fingerprint density at radius 1 is 1.31 bits per heavy atom. The molecule has 0 fully saturated rings. The molecule has 0 aromatic heterocycles. The van der Waals surface area contributed by atoms with Gasteiger partial charge >= 0.3 is 0 Å². The van der Waals surface area contributed by atoms with Crippen molar-refractivity contribution in [2.75, 3.05) is 25.6 Å². The van der Waals surface area contributed by atoms with Crippen molar-refractivity contribution in [3.8, 4) is 5.75 Å². The quantitative estimate of drug-likeness (QED) is 0.730. The highest BCUT2D eigenvalue weighted by atomic mass is 16.5. The Hall–Kier alpha value is -1.51. The molecule has 0 saturated carbocycles. The van der Waals surface area contributed by atoms with Gasteiger partial charge in [-0.15, -0.1) is 0 Å². The minimum absolute atomic E-state index is 0.410. The van der Waals surface area contributed by atoms with Crippen LogP contribution in [0.3, 0.4) is 0 Å². The molecule has 0 aliphatic heterocycles. The number of rotatable bonds is 4. The third-order valence-corrected chi connectivity index (χ3v) is 2.96. The van der Waals surface area contributed by atoms with E-state index in [1.807, 2.05) is 31.9 Å². The van der Waals surface area contributed by atoms with Gasteiger partial charge in [-0.3, -0.25) is 0 Å². The summed E-state index contributed by atoms with van der Waals surface area (Å²) < 4.78 is 5.31. The maximum absolute atomic E-state index is 10.6. The predicted molar refractivity (Wildman–Crippen MR) is 66.5 cm³/mol. The van der Waals surface area contributed by atoms with E-state index in [1.165, 1.54) is 5.56 Å². The summed E-state index contributed by atoms with van der Waals surface area (Å²) in [5, 5.41) is 0. The third-order valence-electron chi connectivity index (χ3n) is 2.96. The van der Waals surface area contributed by atoms with E-state index in [4.69, 9.17) is 4.74 Å². The average molecular weight is 221 g/mol. The van der Waals surface area contributed by atoms with E-state index in [9.17, 15) is 4.79 Å². The number of carbonyl (C=O) groups is 1. The number of methoxy groups -OCH3 is 1. The van der Waals surface area contributed by atoms with Crippen LogP contribution in [0.1, 0.15) is 16.7 Å². The van der Waals surface area contributed by atoms with Gasteiger partial charge in [-0.05, 0) is 43.5 Å². The van der Waals surface area contributed by atoms with Gasteiger partial charge in [-0.25, -0.2) is 0 Å². The van der Waals surface area contributed by atoms with Crippen LogP contribution in [0.25, 0.3) is 0 Å². The normalized spacial score (nSPS) is 10.1. The Morgan fingerprint density at radius 2 is 1.94 bits per heavy atom. The number of hydrogen-bond donors (Lipinski definition) is 0. The first-order valence-electron chi connectivity index (χ1n) is 5.32. The summed E-state index contributed by atoms with van der Waals surface area (Å²) in [5.74, 6) is 0.901. The SMILES string of the molecule is COc1cc(C)c(N(C)CC=O)c(C)c1C. The van der Waals surface area contributed by atoms with Gasteiger partial charge in [-0.2, -0.15) is 0 Å². The van der Waals surface area contributed by atoms with Gasteiger partial charge in [0.25, 0.3) is 0 Å². The molecule has 1 aromatic rings. The van der Waals surface area contributed by atoms with E-state index in [0.717, 1.165) is 28.8 Å². The molecule has 0 amide bonds. The number of aryl methyl sites for hydroxylation is 1. The highest BCUT2D eigenvalue weighted by molar-refractivity contribution is 5.69. The van der Waals surface area contributed by atoms with Crippen LogP contribution in [-0.4, -0.2) is 27.0 Å². The van der Waals surface area contributed by atoms with E-state index in [1.54, 1.807) is 7.11 Å². The molecule has 0 aliphatic rings. The maximum Gasteiger partial charge on any atom is 0.139 e. The predicted octanol–water partition coefficient (Wildman–Crippen LogP) is 2.26. The Balaban J connectivity index is 3.29. The average Bonchev–Trinajstić information content (AvgIpc) is 2.24. The van der Waals surface area contributed by atoms with Gasteiger partial charge in [0.05, 0.1) is 13.7 Å². The number of aldehydes is 1. The van der Waals surface area contributed by atoms with Gasteiger partial charge in [0.1, 0.15) is 12.0 Å². The van der Waals surface area contributed by atoms with E-state index in [2.05, 4.69) is 6.92 Å². The van der Waals surface area contributed by atoms with Crippen LogP contribution in [0.15, 0.2) is 6.07 Å². The fourth-order valence-electron chi connectivity index (χ4n) is 2.03. The molecule has 16 heavy (non-hydrogen) atoms. The first kappa shape index (κ1) is 12.6. The smallest absolute Gasteiger partial charge is 0.139 e. The van der Waals surface area contributed by atoms with Crippen molar-refractivity contribution in [1.82, 2.24) is 0 Å². The number of carbonyl (C=O) groups excluding carboxylic acids is 1. The van der Waals surface area contributed by atoms with Crippen LogP contribution in [0, 0.1) is 20.8 Å². The van der Waals surface area contributed by atoms with Gasteiger partial charge < -0.3 is 14.4 Å². The van der Waals surface area contributed by atoms with Crippen molar-refractivity contribution in [2.24, 2.45) is 0 Å². The van der Waals surface area contributed by atoms with Crippen LogP contribution in [-0.2, 0) is 4.79 Å². The zero-order valence-electron chi connectivity index (χ0n) is 10.6. The molecule has 0 bridgehead atoms. The molecule has 0 atom stereocenters. The molecule has 0 unspecified atom stereocenters. The molecule has 3 heteroatoms. The molecule has 0 N–H and O–H groups in total. The molecule has 3 nitrogen and oxygen atoms in total. The summed E-state index contributed by atoms with van der Waals surface area (Å²) in [6.07, 6.45) is 0.915. The zero-order chi connectivity index (χ0) is 12.3. The fourth-order valence-corrected chi connectivity index (χ4v) is 2.03. The fraction of sp³-hybridized carbons (Fsp3) is 0.462. The molecular weight excluding hydrogens is 202 g/mol. The second kappa shape index (κ2) is 5.01. The van der Waals surface area contributed by atoms with Crippen molar-refractivity contribution in [3.05, 3.63) is 22.8 Å². The second-order valence-corrected chi connectivity index (χ2v) is 4.04. The molecule has 0 saturated heterocycles. The molecule has 1 aromatic carbocycles. The number of benzene rings is 1. The monoisotopic (exact) mass is 221 g/mol. The lowest BCUT2D eigenvalue weighted by Gasteiger charge is -2.23. The number of anilines is 1. The summed E-state index contributed by atoms with van der Waals surface area (Å²) in [6, 6.07) is 2.01. The van der Waals surface area contributed by atoms with Crippen LogP contribution < -0.4 is 9.64 Å². The first-order chi connectivity index (χ1) is 7.52. The van der Waals surface area contributed by atoms with E-state index in [0.29, 0.717) is 6.54 Å². The Labute approximate surface area is 97.0 Å². The summed E-state index contributed by atoms with van der Waals surface area (Å²) in [6.45, 7) is 6.53. The van der Waals surface area contributed by atoms with Gasteiger partial charge in [0, 0.05) is 12.7 Å². The summed E-state index contributed by atoms with van der Waals surface area (Å²) in [4.78, 5) is 12.5. The molecule has 0 spiro atoms. The molecule has 0 heterocycles. The van der Waals surface area contributed by atoms with E-state index >= 15 is 0 Å². The minimum Gasteiger partial charge on any atom is -0.496 e. The number of hydrogen-bond acceptors (Lipinski definition) is 3. The number of nitrogens with zero attached hydrogens (tertiary/aromatic N) is 1. The summed E-state index contributed by atoms with van der Waals surface area (Å²) >= 11 is 0. The van der Waals surface area contributed by atoms with Crippen molar-refractivity contribution in [2.45, 2.75) is 20.8 Å². The Kier molecular flexibility index (Phi) is 3.93. The molecule has 0 radical (unpaired) electrons. The van der Waals surface area contributed by atoms with Crippen molar-refractivity contribution < 1.29 is 9.53 Å². The van der Waals surface area contributed by atoms with Crippen LogP contribution in [0.2, 0.25) is 0 Å². The molecule has 0 aliphatic carbocycles. The van der Waals surface area contributed by atoms with Gasteiger partial charge in [0.15, 0.2) is 0 Å². The minimum atomic E-state index is 0.410. The van der Waals surface area contributed by atoms with Crippen LogP contribution >= 0.6 is 0 Å². The Bertz CT molecular complexity index is 399. The summed E-state index contributed by atoms with van der Waals surface area (Å²) in [7, 11) is 3.60. The highest BCUT2D eigenvalue weighted by Gasteiger charge is 2.13. The number of ether oxygens (including phenoxy) is 1. The second-order valence-electron chi connectivity index (χ2n) is 4.04. The van der Waals surface area contributed by atoms with Crippen molar-refractivity contribution in [1.29, 1.82) is 0 Å². The van der Waals surface area contributed by atoms with Crippen LogP contribution in [0.5, 0.6) is 5.75 Å². The third kappa shape index (κ3) is 2.18. The lowest BCUT2D eigenvalue weighted by molar-refractivity contribution is -0.106. The number of likely N-dealkylation sites (N-methyl/N-ethyl adjacent to an activating group) is 1. The molecule has 88 valence electrons. The molecule has 1 rings (SSSR count). The first-order valence-corrected chi connectivity index (χ1v) is 5.32. The van der Waals surface area contributed by atoms with Crippen molar-refractivity contribution in [3.63, 3.8) is 0 Å². The van der Waals surface area contributed by atoms with Crippen molar-refractivity contribution >= 4 is 12.0 Å². The topological polar surface area (TPSA) is 29.5 Å². The largest absolute Gasteiger partial charge is 0.496 e. The molecular formula is C13H19NO2. The van der Waals surface area contributed by atoms with Crippen LogP contribution in [0.4, 0.5) is 5.69 Å².